The molecule has 8 heteroatoms. The predicted octanol–water partition coefficient (Wildman–Crippen LogP) is 2.14. The highest BCUT2D eigenvalue weighted by atomic mass is 16.5. The quantitative estimate of drug-likeness (QED) is 0.537. The number of carbonyl (C=O) groups excluding carboxylic acids is 1. The van der Waals surface area contributed by atoms with Crippen molar-refractivity contribution < 1.29 is 23.7 Å². The number of benzene rings is 2. The number of nitrogens with one attached hydrogen (secondary N) is 1. The number of para-hydroxylation sites is 2. The summed E-state index contributed by atoms with van der Waals surface area (Å²) in [6, 6.07) is 14.0. The van der Waals surface area contributed by atoms with Gasteiger partial charge in [0.05, 0.1) is 20.4 Å². The summed E-state index contributed by atoms with van der Waals surface area (Å²) in [5.74, 6) is 1.50. The van der Waals surface area contributed by atoms with Gasteiger partial charge >= 0.3 is 0 Å². The van der Waals surface area contributed by atoms with Gasteiger partial charge in [-0.05, 0) is 35.9 Å². The topological polar surface area (TPSA) is 102 Å². The first kappa shape index (κ1) is 19.6. The number of nitrogens with zero attached hydrogens (tertiary/aromatic N) is 2. The Hall–Kier alpha value is -3.73. The zero-order chi connectivity index (χ0) is 19.5. The molecule has 2 aromatic rings. The van der Waals surface area contributed by atoms with Crippen molar-refractivity contribution in [3.05, 3.63) is 48.0 Å². The molecule has 8 nitrogen and oxygen atoms in total. The van der Waals surface area contributed by atoms with Gasteiger partial charge in [0.15, 0.2) is 36.2 Å². The summed E-state index contributed by atoms with van der Waals surface area (Å²) in [6.45, 7) is -0.284. The molecule has 0 spiro atoms. The van der Waals surface area contributed by atoms with Crippen LogP contribution in [0.2, 0.25) is 0 Å². The van der Waals surface area contributed by atoms with Crippen molar-refractivity contribution in [3.8, 4) is 29.1 Å². The zero-order valence-electron chi connectivity index (χ0n) is 15.0. The number of hydrazone groups is 1. The minimum absolute atomic E-state index is 0.0773. The SMILES string of the molecule is COc1cc(/C=N\NC(=O)COc2ccccc2OC)ccc1OCC#N. The molecule has 0 aromatic heterocycles. The van der Waals surface area contributed by atoms with Crippen molar-refractivity contribution in [2.24, 2.45) is 5.10 Å². The minimum atomic E-state index is -0.418. The van der Waals surface area contributed by atoms with E-state index in [4.69, 9.17) is 24.2 Å². The molecule has 2 rings (SSSR count). The van der Waals surface area contributed by atoms with E-state index in [9.17, 15) is 4.79 Å². The van der Waals surface area contributed by atoms with Crippen LogP contribution in [0.4, 0.5) is 0 Å². The molecule has 0 fully saturated rings. The Bertz CT molecular complexity index is 845. The maximum Gasteiger partial charge on any atom is 0.277 e. The van der Waals surface area contributed by atoms with E-state index in [2.05, 4.69) is 10.5 Å². The lowest BCUT2D eigenvalue weighted by molar-refractivity contribution is -0.123. The number of hydrogen-bond donors (Lipinski definition) is 1. The van der Waals surface area contributed by atoms with Crippen LogP contribution in [0.5, 0.6) is 23.0 Å². The van der Waals surface area contributed by atoms with Gasteiger partial charge in [-0.25, -0.2) is 5.43 Å². The molecule has 0 aliphatic carbocycles. The second-order valence-electron chi connectivity index (χ2n) is 5.09. The highest BCUT2D eigenvalue weighted by Crippen LogP contribution is 2.27. The first-order valence-electron chi connectivity index (χ1n) is 7.93. The molecule has 0 bridgehead atoms. The third-order valence-corrected chi connectivity index (χ3v) is 3.31. The number of nitriles is 1. The fraction of sp³-hybridized carbons (Fsp3) is 0.211. The Kier molecular flexibility index (Phi) is 7.48. The van der Waals surface area contributed by atoms with Crippen molar-refractivity contribution in [2.45, 2.75) is 0 Å². The summed E-state index contributed by atoms with van der Waals surface area (Å²) in [4.78, 5) is 11.8. The van der Waals surface area contributed by atoms with E-state index in [-0.39, 0.29) is 13.2 Å². The van der Waals surface area contributed by atoms with Crippen LogP contribution in [0, 0.1) is 11.3 Å². The van der Waals surface area contributed by atoms with E-state index in [1.165, 1.54) is 20.4 Å². The fourth-order valence-electron chi connectivity index (χ4n) is 2.09. The van der Waals surface area contributed by atoms with E-state index in [0.717, 1.165) is 0 Å². The third kappa shape index (κ3) is 5.93. The van der Waals surface area contributed by atoms with Crippen LogP contribution in [0.1, 0.15) is 5.56 Å². The molecular formula is C19H19N3O5. The Morgan fingerprint density at radius 1 is 1.07 bits per heavy atom. The molecule has 0 atom stereocenters. The lowest BCUT2D eigenvalue weighted by Gasteiger charge is -2.09. The van der Waals surface area contributed by atoms with Crippen molar-refractivity contribution >= 4 is 12.1 Å². The fourth-order valence-corrected chi connectivity index (χ4v) is 2.09. The second-order valence-corrected chi connectivity index (χ2v) is 5.09. The van der Waals surface area contributed by atoms with Gasteiger partial charge in [-0.2, -0.15) is 10.4 Å². The van der Waals surface area contributed by atoms with Crippen LogP contribution >= 0.6 is 0 Å². The molecule has 1 N–H and O–H groups in total. The molecule has 0 radical (unpaired) electrons. The number of methoxy groups -OCH3 is 2. The van der Waals surface area contributed by atoms with Crippen molar-refractivity contribution in [2.75, 3.05) is 27.4 Å². The first-order chi connectivity index (χ1) is 13.2. The Morgan fingerprint density at radius 2 is 1.78 bits per heavy atom. The van der Waals surface area contributed by atoms with Crippen molar-refractivity contribution in [3.63, 3.8) is 0 Å². The maximum atomic E-state index is 11.8. The van der Waals surface area contributed by atoms with Crippen LogP contribution in [0.25, 0.3) is 0 Å². The molecule has 2 aromatic carbocycles. The number of rotatable bonds is 9. The number of amides is 1. The number of carbonyl (C=O) groups is 1. The third-order valence-electron chi connectivity index (χ3n) is 3.31. The molecule has 140 valence electrons. The predicted molar refractivity (Wildman–Crippen MR) is 98.3 cm³/mol. The van der Waals surface area contributed by atoms with Gasteiger partial charge in [-0.3, -0.25) is 4.79 Å². The van der Waals surface area contributed by atoms with E-state index >= 15 is 0 Å². The first-order valence-corrected chi connectivity index (χ1v) is 7.93. The van der Waals surface area contributed by atoms with Crippen LogP contribution in [0.15, 0.2) is 47.6 Å². The Labute approximate surface area is 156 Å². The highest BCUT2D eigenvalue weighted by Gasteiger charge is 2.07. The summed E-state index contributed by atoms with van der Waals surface area (Å²) < 4.78 is 21.0. The number of hydrogen-bond acceptors (Lipinski definition) is 7. The minimum Gasteiger partial charge on any atom is -0.493 e. The van der Waals surface area contributed by atoms with Gasteiger partial charge in [-0.15, -0.1) is 0 Å². The van der Waals surface area contributed by atoms with Gasteiger partial charge in [0, 0.05) is 0 Å². The van der Waals surface area contributed by atoms with E-state index in [0.29, 0.717) is 28.6 Å². The van der Waals surface area contributed by atoms with Crippen LogP contribution < -0.4 is 24.4 Å². The second kappa shape index (κ2) is 10.3. The smallest absolute Gasteiger partial charge is 0.277 e. The monoisotopic (exact) mass is 369 g/mol. The normalized spacial score (nSPS) is 10.1. The van der Waals surface area contributed by atoms with E-state index in [1.807, 2.05) is 6.07 Å². The number of ether oxygens (including phenoxy) is 4. The molecule has 1 amide bonds. The molecule has 0 saturated carbocycles. The largest absolute Gasteiger partial charge is 0.493 e. The van der Waals surface area contributed by atoms with Crippen LogP contribution in [-0.2, 0) is 4.79 Å². The highest BCUT2D eigenvalue weighted by molar-refractivity contribution is 5.83. The molecule has 0 saturated heterocycles. The summed E-state index contributed by atoms with van der Waals surface area (Å²) in [5.41, 5.74) is 3.06. The van der Waals surface area contributed by atoms with Gasteiger partial charge in [-0.1, -0.05) is 12.1 Å². The Balaban J connectivity index is 1.89. The molecular weight excluding hydrogens is 350 g/mol. The van der Waals surface area contributed by atoms with Crippen molar-refractivity contribution in [1.29, 1.82) is 5.26 Å². The summed E-state index contributed by atoms with van der Waals surface area (Å²) in [7, 11) is 3.02. The molecule has 0 unspecified atom stereocenters. The standard InChI is InChI=1S/C19H19N3O5/c1-24-15-5-3-4-6-16(15)27-13-19(23)22-21-12-14-7-8-17(26-10-9-20)18(11-14)25-2/h3-8,11-12H,10,13H2,1-2H3,(H,22,23)/b21-12-. The Morgan fingerprint density at radius 3 is 2.48 bits per heavy atom. The van der Waals surface area contributed by atoms with Crippen molar-refractivity contribution in [1.82, 2.24) is 5.43 Å². The lowest BCUT2D eigenvalue weighted by Crippen LogP contribution is -2.24. The summed E-state index contributed by atoms with van der Waals surface area (Å²) >= 11 is 0. The zero-order valence-corrected chi connectivity index (χ0v) is 15.0. The lowest BCUT2D eigenvalue weighted by atomic mass is 10.2. The van der Waals surface area contributed by atoms with E-state index in [1.54, 1.807) is 42.5 Å². The van der Waals surface area contributed by atoms with Gasteiger partial charge in [0.1, 0.15) is 6.07 Å². The average Bonchev–Trinajstić information content (AvgIpc) is 2.71. The molecule has 0 aliphatic heterocycles. The van der Waals surface area contributed by atoms with Crippen LogP contribution in [0.3, 0.4) is 0 Å². The maximum absolute atomic E-state index is 11.8. The van der Waals surface area contributed by atoms with Crippen LogP contribution in [-0.4, -0.2) is 39.6 Å². The average molecular weight is 369 g/mol. The summed E-state index contributed by atoms with van der Waals surface area (Å²) in [5, 5.41) is 12.4. The molecule has 0 aliphatic rings. The van der Waals surface area contributed by atoms with Gasteiger partial charge in [0.25, 0.3) is 5.91 Å². The van der Waals surface area contributed by atoms with Gasteiger partial charge < -0.3 is 18.9 Å². The summed E-state index contributed by atoms with van der Waals surface area (Å²) in [6.07, 6.45) is 1.46. The molecule has 27 heavy (non-hydrogen) atoms. The molecule has 0 heterocycles. The van der Waals surface area contributed by atoms with Gasteiger partial charge in [0.2, 0.25) is 0 Å². The van der Waals surface area contributed by atoms with E-state index < -0.39 is 5.91 Å².